The summed E-state index contributed by atoms with van der Waals surface area (Å²) in [6, 6.07) is 16.3. The lowest BCUT2D eigenvalue weighted by Crippen LogP contribution is -2.04. The summed E-state index contributed by atoms with van der Waals surface area (Å²) in [7, 11) is 1.72. The molecule has 0 fully saturated rings. The van der Waals surface area contributed by atoms with Crippen LogP contribution < -0.4 is 0 Å². The molecule has 0 radical (unpaired) electrons. The number of imidazole rings is 1. The van der Waals surface area contributed by atoms with Gasteiger partial charge in [0.2, 0.25) is 0 Å². The molecule has 4 rings (SSSR count). The van der Waals surface area contributed by atoms with Gasteiger partial charge in [0.05, 0.1) is 11.0 Å². The van der Waals surface area contributed by atoms with E-state index in [4.69, 9.17) is 19.7 Å². The van der Waals surface area contributed by atoms with E-state index in [9.17, 15) is 0 Å². The Kier molecular flexibility index (Phi) is 4.15. The molecule has 5 heteroatoms. The van der Waals surface area contributed by atoms with Crippen molar-refractivity contribution in [2.24, 2.45) is 0 Å². The smallest absolute Gasteiger partial charge is 0.198 e. The Labute approximate surface area is 146 Å². The van der Waals surface area contributed by atoms with Gasteiger partial charge in [0.25, 0.3) is 0 Å². The lowest BCUT2D eigenvalue weighted by molar-refractivity contribution is 0.191. The molecule has 0 N–H and O–H groups in total. The van der Waals surface area contributed by atoms with Gasteiger partial charge in [-0.3, -0.25) is 0 Å². The van der Waals surface area contributed by atoms with Crippen LogP contribution in [0.3, 0.4) is 0 Å². The lowest BCUT2D eigenvalue weighted by atomic mass is 10.1. The molecule has 2 aromatic heterocycles. The van der Waals surface area contributed by atoms with Crippen molar-refractivity contribution in [3.63, 3.8) is 0 Å². The normalized spacial score (nSPS) is 11.4. The van der Waals surface area contributed by atoms with E-state index in [1.807, 2.05) is 24.3 Å². The third-order valence-electron chi connectivity index (χ3n) is 4.26. The van der Waals surface area contributed by atoms with Crippen LogP contribution in [0, 0.1) is 6.92 Å². The molecule has 126 valence electrons. The van der Waals surface area contributed by atoms with Gasteiger partial charge in [0.15, 0.2) is 11.3 Å². The van der Waals surface area contributed by atoms with Gasteiger partial charge in [0.1, 0.15) is 5.82 Å². The first kappa shape index (κ1) is 15.7. The van der Waals surface area contributed by atoms with Gasteiger partial charge in [-0.25, -0.2) is 15.0 Å². The number of benzene rings is 2. The van der Waals surface area contributed by atoms with E-state index in [-0.39, 0.29) is 0 Å². The fourth-order valence-electron chi connectivity index (χ4n) is 3.08. The van der Waals surface area contributed by atoms with Gasteiger partial charge in [0, 0.05) is 25.8 Å². The van der Waals surface area contributed by atoms with Crippen molar-refractivity contribution in [2.75, 3.05) is 13.7 Å². The van der Waals surface area contributed by atoms with Crippen molar-refractivity contribution >= 4 is 22.3 Å². The van der Waals surface area contributed by atoms with Crippen LogP contribution in [0.2, 0.25) is 0 Å². The van der Waals surface area contributed by atoms with Crippen LogP contribution in [0.25, 0.3) is 33.7 Å². The maximum Gasteiger partial charge on any atom is 0.198 e. The Balaban J connectivity index is 1.93. The first-order valence-corrected chi connectivity index (χ1v) is 8.45. The first-order chi connectivity index (χ1) is 12.3. The molecule has 0 amide bonds. The highest BCUT2D eigenvalue weighted by Crippen LogP contribution is 2.25. The third kappa shape index (κ3) is 2.98. The summed E-state index contributed by atoms with van der Waals surface area (Å²) in [4.78, 5) is 14.3. The second-order valence-electron chi connectivity index (χ2n) is 6.16. The van der Waals surface area contributed by atoms with Crippen molar-refractivity contribution in [3.05, 3.63) is 54.1 Å². The number of methoxy groups -OCH3 is 1. The highest BCUT2D eigenvalue weighted by atomic mass is 16.5. The molecule has 0 atom stereocenters. The van der Waals surface area contributed by atoms with Gasteiger partial charge in [-0.05, 0) is 31.5 Å². The maximum atomic E-state index is 5.22. The van der Waals surface area contributed by atoms with Crippen molar-refractivity contribution in [1.29, 1.82) is 0 Å². The second-order valence-corrected chi connectivity index (χ2v) is 6.16. The largest absolute Gasteiger partial charge is 0.385 e. The van der Waals surface area contributed by atoms with Crippen molar-refractivity contribution in [1.82, 2.24) is 19.5 Å². The summed E-state index contributed by atoms with van der Waals surface area (Å²) in [5.41, 5.74) is 5.56. The summed E-state index contributed by atoms with van der Waals surface area (Å²) in [5.74, 6) is 0.908. The molecule has 0 saturated heterocycles. The Hall–Kier alpha value is -2.79. The molecule has 2 heterocycles. The number of aryl methyl sites for hydroxylation is 2. The van der Waals surface area contributed by atoms with Crippen LogP contribution in [0.4, 0.5) is 0 Å². The predicted octanol–water partition coefficient (Wildman–Crippen LogP) is 3.99. The third-order valence-corrected chi connectivity index (χ3v) is 4.26. The Morgan fingerprint density at radius 2 is 1.76 bits per heavy atom. The first-order valence-electron chi connectivity index (χ1n) is 8.45. The summed E-state index contributed by atoms with van der Waals surface area (Å²) >= 11 is 0. The number of rotatable bonds is 5. The fraction of sp³-hybridized carbons (Fsp3) is 0.250. The van der Waals surface area contributed by atoms with Gasteiger partial charge >= 0.3 is 0 Å². The van der Waals surface area contributed by atoms with Crippen LogP contribution in [0.15, 0.2) is 48.5 Å². The van der Waals surface area contributed by atoms with E-state index >= 15 is 0 Å². The summed E-state index contributed by atoms with van der Waals surface area (Å²) in [6.45, 7) is 3.58. The fourth-order valence-corrected chi connectivity index (χ4v) is 3.08. The molecule has 0 aliphatic rings. The standard InChI is InChI=1S/C20H20N4O/c1-14-7-5-8-15(13-14)19-23-18-20(24(19)11-6-12-25-2)22-17-10-4-3-9-16(17)21-18/h3-5,7-10,13H,6,11-12H2,1-2H3. The van der Waals surface area contributed by atoms with Crippen LogP contribution in [0.1, 0.15) is 12.0 Å². The molecule has 2 aromatic carbocycles. The maximum absolute atomic E-state index is 5.22. The summed E-state index contributed by atoms with van der Waals surface area (Å²) in [5, 5.41) is 0. The molecule has 0 aliphatic carbocycles. The molecule has 0 aliphatic heterocycles. The van der Waals surface area contributed by atoms with Crippen molar-refractivity contribution < 1.29 is 4.74 Å². The second kappa shape index (κ2) is 6.61. The number of hydrogen-bond donors (Lipinski definition) is 0. The average molecular weight is 332 g/mol. The van der Waals surface area contributed by atoms with Crippen LogP contribution in [-0.2, 0) is 11.3 Å². The van der Waals surface area contributed by atoms with E-state index < -0.39 is 0 Å². The number of hydrogen-bond acceptors (Lipinski definition) is 4. The minimum Gasteiger partial charge on any atom is -0.385 e. The molecule has 5 nitrogen and oxygen atoms in total. The number of fused-ring (bicyclic) bond motifs is 2. The van der Waals surface area contributed by atoms with Gasteiger partial charge in [-0.15, -0.1) is 0 Å². The summed E-state index contributed by atoms with van der Waals surface area (Å²) in [6.07, 6.45) is 0.898. The molecule has 25 heavy (non-hydrogen) atoms. The minimum absolute atomic E-state index is 0.688. The molecule has 0 saturated carbocycles. The molecule has 0 spiro atoms. The number of para-hydroxylation sites is 2. The van der Waals surface area contributed by atoms with Gasteiger partial charge in [-0.2, -0.15) is 0 Å². The predicted molar refractivity (Wildman–Crippen MR) is 99.5 cm³/mol. The van der Waals surface area contributed by atoms with E-state index in [0.29, 0.717) is 12.3 Å². The lowest BCUT2D eigenvalue weighted by Gasteiger charge is -2.09. The van der Waals surface area contributed by atoms with Crippen LogP contribution in [0.5, 0.6) is 0 Å². The topological polar surface area (TPSA) is 52.8 Å². The molecular formula is C20H20N4O. The SMILES string of the molecule is COCCCn1c(-c2cccc(C)c2)nc2nc3ccccc3nc21. The van der Waals surface area contributed by atoms with Crippen LogP contribution >= 0.6 is 0 Å². The number of nitrogens with zero attached hydrogens (tertiary/aromatic N) is 4. The Morgan fingerprint density at radius 1 is 0.960 bits per heavy atom. The molecule has 0 unspecified atom stereocenters. The molecule has 0 bridgehead atoms. The van der Waals surface area contributed by atoms with Crippen molar-refractivity contribution in [3.8, 4) is 11.4 Å². The highest BCUT2D eigenvalue weighted by Gasteiger charge is 2.15. The van der Waals surface area contributed by atoms with E-state index in [1.165, 1.54) is 5.56 Å². The number of ether oxygens (including phenoxy) is 1. The zero-order valence-electron chi connectivity index (χ0n) is 14.4. The highest BCUT2D eigenvalue weighted by molar-refractivity contribution is 5.84. The quantitative estimate of drug-likeness (QED) is 0.519. The molecular weight excluding hydrogens is 312 g/mol. The monoisotopic (exact) mass is 332 g/mol. The Bertz CT molecular complexity index is 1040. The van der Waals surface area contributed by atoms with Crippen molar-refractivity contribution in [2.45, 2.75) is 19.9 Å². The number of aromatic nitrogens is 4. The average Bonchev–Trinajstić information content (AvgIpc) is 2.98. The van der Waals surface area contributed by atoms with Gasteiger partial charge in [-0.1, -0.05) is 35.9 Å². The minimum atomic E-state index is 0.688. The summed E-state index contributed by atoms with van der Waals surface area (Å²) < 4.78 is 7.37. The zero-order chi connectivity index (χ0) is 17.2. The van der Waals surface area contributed by atoms with E-state index in [1.54, 1.807) is 7.11 Å². The zero-order valence-corrected chi connectivity index (χ0v) is 14.4. The van der Waals surface area contributed by atoms with E-state index in [2.05, 4.69) is 35.8 Å². The van der Waals surface area contributed by atoms with Gasteiger partial charge < -0.3 is 9.30 Å². The molecule has 4 aromatic rings. The Morgan fingerprint density at radius 3 is 2.52 bits per heavy atom. The van der Waals surface area contributed by atoms with Crippen LogP contribution in [-0.4, -0.2) is 33.2 Å². The van der Waals surface area contributed by atoms with E-state index in [0.717, 1.165) is 41.0 Å².